The Kier molecular flexibility index (Phi) is 4.80. The third kappa shape index (κ3) is 2.89. The third-order valence-electron chi connectivity index (χ3n) is 4.96. The van der Waals surface area contributed by atoms with Crippen LogP contribution in [0.3, 0.4) is 0 Å². The smallest absolute Gasteiger partial charge is 0.120 e. The molecule has 0 aliphatic carbocycles. The van der Waals surface area contributed by atoms with Crippen molar-refractivity contribution in [1.29, 1.82) is 0 Å². The largest absolute Gasteiger partial charge is 0.508 e. The predicted molar refractivity (Wildman–Crippen MR) is 102 cm³/mol. The SMILES string of the molecule is CCCC(c1ccccc1C)(c1ccccc1O)c1ccccc1O. The van der Waals surface area contributed by atoms with Crippen molar-refractivity contribution in [2.45, 2.75) is 32.1 Å². The number of phenols is 2. The van der Waals surface area contributed by atoms with Gasteiger partial charge < -0.3 is 10.2 Å². The van der Waals surface area contributed by atoms with Crippen LogP contribution in [0.25, 0.3) is 0 Å². The van der Waals surface area contributed by atoms with E-state index in [0.29, 0.717) is 0 Å². The standard InChI is InChI=1S/C23H24O2/c1-3-16-23(18-11-5-4-10-17(18)2,19-12-6-8-14-21(19)24)20-13-7-9-15-22(20)25/h4-15,24-25H,3,16H2,1-2H3. The Bertz CT molecular complexity index is 756. The van der Waals surface area contributed by atoms with Crippen LogP contribution in [0.2, 0.25) is 0 Å². The average Bonchev–Trinajstić information content (AvgIpc) is 2.62. The van der Waals surface area contributed by atoms with Gasteiger partial charge in [-0.2, -0.15) is 0 Å². The second-order valence-corrected chi connectivity index (χ2v) is 6.50. The molecule has 3 aromatic rings. The molecule has 0 fully saturated rings. The average molecular weight is 332 g/mol. The summed E-state index contributed by atoms with van der Waals surface area (Å²) in [6, 6.07) is 23.1. The number of phenolic OH excluding ortho intramolecular Hbond substituents is 2. The lowest BCUT2D eigenvalue weighted by atomic mass is 9.65. The van der Waals surface area contributed by atoms with E-state index < -0.39 is 5.41 Å². The summed E-state index contributed by atoms with van der Waals surface area (Å²) in [5.41, 5.74) is 3.30. The number of rotatable bonds is 5. The molecule has 0 unspecified atom stereocenters. The van der Waals surface area contributed by atoms with Gasteiger partial charge in [-0.15, -0.1) is 0 Å². The minimum absolute atomic E-state index is 0.252. The molecule has 0 saturated heterocycles. The molecule has 3 aromatic carbocycles. The maximum Gasteiger partial charge on any atom is 0.120 e. The van der Waals surface area contributed by atoms with E-state index in [9.17, 15) is 10.2 Å². The molecule has 128 valence electrons. The Balaban J connectivity index is 2.44. The Morgan fingerprint density at radius 1 is 0.680 bits per heavy atom. The van der Waals surface area contributed by atoms with Crippen LogP contribution < -0.4 is 0 Å². The van der Waals surface area contributed by atoms with Gasteiger partial charge in [-0.05, 0) is 36.6 Å². The highest BCUT2D eigenvalue weighted by Gasteiger charge is 2.40. The first-order valence-corrected chi connectivity index (χ1v) is 8.74. The van der Waals surface area contributed by atoms with Crippen LogP contribution in [-0.4, -0.2) is 10.2 Å². The molecule has 0 heterocycles. The minimum Gasteiger partial charge on any atom is -0.508 e. The zero-order valence-electron chi connectivity index (χ0n) is 14.7. The van der Waals surface area contributed by atoms with Crippen molar-refractivity contribution in [1.82, 2.24) is 0 Å². The van der Waals surface area contributed by atoms with Gasteiger partial charge in [0.1, 0.15) is 11.5 Å². The number of hydrogen-bond acceptors (Lipinski definition) is 2. The van der Waals surface area contributed by atoms with Crippen molar-refractivity contribution < 1.29 is 10.2 Å². The van der Waals surface area contributed by atoms with Crippen LogP contribution in [0.4, 0.5) is 0 Å². The summed E-state index contributed by atoms with van der Waals surface area (Å²) >= 11 is 0. The summed E-state index contributed by atoms with van der Waals surface area (Å²) in [6.07, 6.45) is 1.70. The second kappa shape index (κ2) is 7.02. The highest BCUT2D eigenvalue weighted by atomic mass is 16.3. The van der Waals surface area contributed by atoms with Crippen LogP contribution in [0.5, 0.6) is 11.5 Å². The van der Waals surface area contributed by atoms with Gasteiger partial charge in [-0.25, -0.2) is 0 Å². The molecule has 0 amide bonds. The zero-order valence-corrected chi connectivity index (χ0v) is 14.7. The quantitative estimate of drug-likeness (QED) is 0.602. The van der Waals surface area contributed by atoms with Gasteiger partial charge in [0.05, 0.1) is 5.41 Å². The van der Waals surface area contributed by atoms with Gasteiger partial charge in [0.15, 0.2) is 0 Å². The van der Waals surface area contributed by atoms with Crippen molar-refractivity contribution >= 4 is 0 Å². The van der Waals surface area contributed by atoms with Crippen molar-refractivity contribution in [3.63, 3.8) is 0 Å². The van der Waals surface area contributed by atoms with E-state index in [-0.39, 0.29) is 11.5 Å². The van der Waals surface area contributed by atoms with Crippen molar-refractivity contribution in [3.8, 4) is 11.5 Å². The van der Waals surface area contributed by atoms with Crippen LogP contribution >= 0.6 is 0 Å². The highest BCUT2D eigenvalue weighted by molar-refractivity contribution is 5.59. The van der Waals surface area contributed by atoms with E-state index in [4.69, 9.17) is 0 Å². The van der Waals surface area contributed by atoms with Gasteiger partial charge in [0, 0.05) is 11.1 Å². The number of aryl methyl sites for hydroxylation is 1. The first-order valence-electron chi connectivity index (χ1n) is 8.74. The van der Waals surface area contributed by atoms with E-state index >= 15 is 0 Å². The predicted octanol–water partition coefficient (Wildman–Crippen LogP) is 5.54. The summed E-state index contributed by atoms with van der Waals surface area (Å²) in [5.74, 6) is 0.505. The zero-order chi connectivity index (χ0) is 17.9. The van der Waals surface area contributed by atoms with E-state index in [1.165, 1.54) is 0 Å². The minimum atomic E-state index is -0.600. The number of hydrogen-bond donors (Lipinski definition) is 2. The number of benzene rings is 3. The highest BCUT2D eigenvalue weighted by Crippen LogP contribution is 2.49. The topological polar surface area (TPSA) is 40.5 Å². The van der Waals surface area contributed by atoms with Crippen molar-refractivity contribution in [3.05, 3.63) is 95.1 Å². The Morgan fingerprint density at radius 3 is 1.56 bits per heavy atom. The Labute approximate surface area is 149 Å². The molecule has 0 saturated carbocycles. The third-order valence-corrected chi connectivity index (χ3v) is 4.96. The second-order valence-electron chi connectivity index (χ2n) is 6.50. The molecule has 0 aliphatic rings. The number of aromatic hydroxyl groups is 2. The van der Waals surface area contributed by atoms with Gasteiger partial charge in [0.2, 0.25) is 0 Å². The molecule has 0 radical (unpaired) electrons. The molecule has 3 rings (SSSR count). The summed E-state index contributed by atoms with van der Waals surface area (Å²) in [6.45, 7) is 4.21. The lowest BCUT2D eigenvalue weighted by molar-refractivity contribution is 0.423. The Morgan fingerprint density at radius 2 is 1.12 bits per heavy atom. The molecule has 2 nitrogen and oxygen atoms in total. The summed E-state index contributed by atoms with van der Waals surface area (Å²) in [5, 5.41) is 21.4. The fourth-order valence-electron chi connectivity index (χ4n) is 3.94. The lowest BCUT2D eigenvalue weighted by Crippen LogP contribution is -2.30. The lowest BCUT2D eigenvalue weighted by Gasteiger charge is -2.37. The molecular formula is C23H24O2. The van der Waals surface area contributed by atoms with E-state index in [0.717, 1.165) is 35.1 Å². The monoisotopic (exact) mass is 332 g/mol. The number of para-hydroxylation sites is 2. The van der Waals surface area contributed by atoms with Crippen molar-refractivity contribution in [2.24, 2.45) is 0 Å². The molecule has 0 atom stereocenters. The fourth-order valence-corrected chi connectivity index (χ4v) is 3.94. The van der Waals surface area contributed by atoms with E-state index in [2.05, 4.69) is 26.0 Å². The van der Waals surface area contributed by atoms with Gasteiger partial charge in [0.25, 0.3) is 0 Å². The van der Waals surface area contributed by atoms with E-state index in [1.54, 1.807) is 12.1 Å². The molecular weight excluding hydrogens is 308 g/mol. The van der Waals surface area contributed by atoms with Crippen molar-refractivity contribution in [2.75, 3.05) is 0 Å². The van der Waals surface area contributed by atoms with Crippen LogP contribution in [0.15, 0.2) is 72.8 Å². The normalized spacial score (nSPS) is 11.4. The fraction of sp³-hybridized carbons (Fsp3) is 0.217. The molecule has 0 aromatic heterocycles. The van der Waals surface area contributed by atoms with Crippen LogP contribution in [-0.2, 0) is 5.41 Å². The molecule has 0 spiro atoms. The Hall–Kier alpha value is -2.74. The summed E-state index contributed by atoms with van der Waals surface area (Å²) < 4.78 is 0. The van der Waals surface area contributed by atoms with Gasteiger partial charge in [-0.1, -0.05) is 74.0 Å². The first-order chi connectivity index (χ1) is 12.1. The van der Waals surface area contributed by atoms with Gasteiger partial charge >= 0.3 is 0 Å². The molecule has 2 heteroatoms. The maximum absolute atomic E-state index is 10.7. The molecule has 25 heavy (non-hydrogen) atoms. The van der Waals surface area contributed by atoms with Crippen LogP contribution in [0, 0.1) is 6.92 Å². The summed E-state index contributed by atoms with van der Waals surface area (Å²) in [7, 11) is 0. The molecule has 2 N–H and O–H groups in total. The summed E-state index contributed by atoms with van der Waals surface area (Å²) in [4.78, 5) is 0. The first kappa shape index (κ1) is 17.1. The molecule has 0 aliphatic heterocycles. The van der Waals surface area contributed by atoms with Crippen LogP contribution in [0.1, 0.15) is 42.0 Å². The van der Waals surface area contributed by atoms with Gasteiger partial charge in [-0.3, -0.25) is 0 Å². The van der Waals surface area contributed by atoms with E-state index in [1.807, 2.05) is 48.5 Å². The maximum atomic E-state index is 10.7. The molecule has 0 bridgehead atoms.